The molecule has 0 saturated carbocycles. The average molecular weight is 445 g/mol. The SMILES string of the molecule is Cc1ccc(S(=O)(=O)N(C/C=C/CBr)C/C(C#N)=C/c2ccccc2)cc1. The first kappa shape index (κ1) is 21.1. The minimum Gasteiger partial charge on any atom is -0.207 e. The molecule has 140 valence electrons. The molecule has 0 N–H and O–H groups in total. The van der Waals surface area contributed by atoms with Crippen LogP contribution < -0.4 is 0 Å². The Kier molecular flexibility index (Phi) is 7.99. The van der Waals surface area contributed by atoms with Gasteiger partial charge >= 0.3 is 0 Å². The van der Waals surface area contributed by atoms with Gasteiger partial charge in [-0.2, -0.15) is 9.57 Å². The van der Waals surface area contributed by atoms with Gasteiger partial charge in [-0.05, 0) is 30.7 Å². The van der Waals surface area contributed by atoms with E-state index >= 15 is 0 Å². The second kappa shape index (κ2) is 10.2. The van der Waals surface area contributed by atoms with Gasteiger partial charge in [-0.25, -0.2) is 8.42 Å². The Morgan fingerprint density at radius 2 is 1.78 bits per heavy atom. The summed E-state index contributed by atoms with van der Waals surface area (Å²) in [5, 5.41) is 10.2. The van der Waals surface area contributed by atoms with Crippen molar-refractivity contribution in [2.75, 3.05) is 18.4 Å². The van der Waals surface area contributed by atoms with Crippen molar-refractivity contribution in [2.45, 2.75) is 11.8 Å². The van der Waals surface area contributed by atoms with Crippen LogP contribution in [-0.4, -0.2) is 31.1 Å². The predicted octanol–water partition coefficient (Wildman–Crippen LogP) is 4.54. The third kappa shape index (κ3) is 6.17. The minimum atomic E-state index is -3.72. The normalized spacial score (nSPS) is 12.4. The smallest absolute Gasteiger partial charge is 0.207 e. The number of halogens is 1. The minimum absolute atomic E-state index is 0.00816. The lowest BCUT2D eigenvalue weighted by Gasteiger charge is -2.20. The van der Waals surface area contributed by atoms with Crippen molar-refractivity contribution < 1.29 is 8.42 Å². The van der Waals surface area contributed by atoms with E-state index in [9.17, 15) is 13.7 Å². The van der Waals surface area contributed by atoms with E-state index in [1.165, 1.54) is 4.31 Å². The number of hydrogen-bond donors (Lipinski definition) is 0. The van der Waals surface area contributed by atoms with Gasteiger partial charge in [0.2, 0.25) is 10.0 Å². The Hall–Kier alpha value is -2.20. The van der Waals surface area contributed by atoms with Crippen molar-refractivity contribution in [3.05, 3.63) is 83.4 Å². The average Bonchev–Trinajstić information content (AvgIpc) is 2.67. The third-order valence-corrected chi connectivity index (χ3v) is 6.05. The number of nitriles is 1. The van der Waals surface area contributed by atoms with Gasteiger partial charge in [0.25, 0.3) is 0 Å². The molecule has 0 amide bonds. The Bertz CT molecular complexity index is 944. The van der Waals surface area contributed by atoms with E-state index in [1.807, 2.05) is 43.3 Å². The molecular formula is C21H21BrN2O2S. The van der Waals surface area contributed by atoms with Crippen LogP contribution in [0.4, 0.5) is 0 Å². The Labute approximate surface area is 169 Å². The maximum Gasteiger partial charge on any atom is 0.243 e. The van der Waals surface area contributed by atoms with Gasteiger partial charge < -0.3 is 0 Å². The van der Waals surface area contributed by atoms with Crippen LogP contribution in [0.1, 0.15) is 11.1 Å². The summed E-state index contributed by atoms with van der Waals surface area (Å²) in [4.78, 5) is 0.220. The van der Waals surface area contributed by atoms with Crippen LogP contribution in [0.15, 0.2) is 77.2 Å². The molecule has 0 bridgehead atoms. The maximum absolute atomic E-state index is 13.1. The van der Waals surface area contributed by atoms with Crippen molar-refractivity contribution in [2.24, 2.45) is 0 Å². The van der Waals surface area contributed by atoms with Gasteiger partial charge in [-0.3, -0.25) is 0 Å². The summed E-state index contributed by atoms with van der Waals surface area (Å²) < 4.78 is 27.5. The molecule has 0 spiro atoms. The summed E-state index contributed by atoms with van der Waals surface area (Å²) in [6, 6.07) is 18.2. The first-order valence-electron chi connectivity index (χ1n) is 8.41. The van der Waals surface area contributed by atoms with Gasteiger partial charge in [0.1, 0.15) is 0 Å². The van der Waals surface area contributed by atoms with Gasteiger partial charge in [0.15, 0.2) is 0 Å². The summed E-state index contributed by atoms with van der Waals surface area (Å²) >= 11 is 3.29. The van der Waals surface area contributed by atoms with Gasteiger partial charge in [-0.15, -0.1) is 0 Å². The standard InChI is InChI=1S/C21H21BrN2O2S/c1-18-9-11-21(12-10-18)27(25,26)24(14-6-5-13-22)17-20(16-23)15-19-7-3-2-4-8-19/h2-12,15H,13-14,17H2,1H3/b6-5+,20-15+. The van der Waals surface area contributed by atoms with Gasteiger partial charge in [0.05, 0.1) is 11.0 Å². The van der Waals surface area contributed by atoms with Crippen molar-refractivity contribution in [3.63, 3.8) is 0 Å². The number of alkyl halides is 1. The number of aryl methyl sites for hydroxylation is 1. The molecule has 0 aromatic heterocycles. The fourth-order valence-electron chi connectivity index (χ4n) is 2.42. The van der Waals surface area contributed by atoms with Crippen LogP contribution in [-0.2, 0) is 10.0 Å². The Balaban J connectivity index is 2.36. The van der Waals surface area contributed by atoms with E-state index in [2.05, 4.69) is 22.0 Å². The molecule has 6 heteroatoms. The van der Waals surface area contributed by atoms with Gasteiger partial charge in [0, 0.05) is 24.0 Å². The molecule has 0 atom stereocenters. The molecule has 0 radical (unpaired) electrons. The number of rotatable bonds is 8. The molecule has 0 fully saturated rings. The van der Waals surface area contributed by atoms with Crippen molar-refractivity contribution in [3.8, 4) is 6.07 Å². The van der Waals surface area contributed by atoms with Crippen LogP contribution in [0, 0.1) is 18.3 Å². The van der Waals surface area contributed by atoms with E-state index in [0.717, 1.165) is 11.1 Å². The molecular weight excluding hydrogens is 424 g/mol. The highest BCUT2D eigenvalue weighted by Crippen LogP contribution is 2.19. The predicted molar refractivity (Wildman–Crippen MR) is 113 cm³/mol. The summed E-state index contributed by atoms with van der Waals surface area (Å²) in [6.07, 6.45) is 5.33. The van der Waals surface area contributed by atoms with E-state index < -0.39 is 10.0 Å². The molecule has 0 unspecified atom stereocenters. The molecule has 2 rings (SSSR count). The van der Waals surface area contributed by atoms with Gasteiger partial charge in [-0.1, -0.05) is 76.1 Å². The van der Waals surface area contributed by atoms with Crippen LogP contribution in [0.2, 0.25) is 0 Å². The lowest BCUT2D eigenvalue weighted by atomic mass is 10.1. The summed E-state index contributed by atoms with van der Waals surface area (Å²) in [5.41, 5.74) is 2.23. The van der Waals surface area contributed by atoms with Crippen LogP contribution in [0.25, 0.3) is 6.08 Å². The van der Waals surface area contributed by atoms with Crippen LogP contribution >= 0.6 is 15.9 Å². The number of allylic oxidation sites excluding steroid dienone is 1. The molecule has 27 heavy (non-hydrogen) atoms. The van der Waals surface area contributed by atoms with Crippen LogP contribution in [0.5, 0.6) is 0 Å². The monoisotopic (exact) mass is 444 g/mol. The van der Waals surface area contributed by atoms with Crippen molar-refractivity contribution >= 4 is 32.0 Å². The van der Waals surface area contributed by atoms with Crippen LogP contribution in [0.3, 0.4) is 0 Å². The zero-order valence-corrected chi connectivity index (χ0v) is 17.4. The number of nitrogens with zero attached hydrogens (tertiary/aromatic N) is 2. The molecule has 2 aromatic carbocycles. The quantitative estimate of drug-likeness (QED) is 0.341. The lowest BCUT2D eigenvalue weighted by Crippen LogP contribution is -2.33. The second-order valence-electron chi connectivity index (χ2n) is 5.93. The fourth-order valence-corrected chi connectivity index (χ4v) is 4.05. The number of benzene rings is 2. The first-order chi connectivity index (χ1) is 13.0. The molecule has 0 aliphatic rings. The summed E-state index contributed by atoms with van der Waals surface area (Å²) in [5.74, 6) is 0. The van der Waals surface area contributed by atoms with E-state index in [1.54, 1.807) is 36.4 Å². The highest BCUT2D eigenvalue weighted by atomic mass is 79.9. The maximum atomic E-state index is 13.1. The topological polar surface area (TPSA) is 61.2 Å². The fraction of sp³-hybridized carbons (Fsp3) is 0.190. The lowest BCUT2D eigenvalue weighted by molar-refractivity contribution is 0.470. The molecule has 2 aromatic rings. The van der Waals surface area contributed by atoms with E-state index in [4.69, 9.17) is 0 Å². The Morgan fingerprint density at radius 3 is 2.37 bits per heavy atom. The highest BCUT2D eigenvalue weighted by molar-refractivity contribution is 9.09. The third-order valence-electron chi connectivity index (χ3n) is 3.85. The zero-order chi connectivity index (χ0) is 19.7. The highest BCUT2D eigenvalue weighted by Gasteiger charge is 2.24. The molecule has 4 nitrogen and oxygen atoms in total. The molecule has 0 heterocycles. The number of hydrogen-bond acceptors (Lipinski definition) is 3. The second-order valence-corrected chi connectivity index (χ2v) is 8.51. The zero-order valence-electron chi connectivity index (χ0n) is 15.0. The van der Waals surface area contributed by atoms with E-state index in [0.29, 0.717) is 10.9 Å². The molecule has 0 saturated heterocycles. The molecule has 0 aliphatic carbocycles. The number of sulfonamides is 1. The molecule has 0 aliphatic heterocycles. The summed E-state index contributed by atoms with van der Waals surface area (Å²) in [7, 11) is -3.72. The summed E-state index contributed by atoms with van der Waals surface area (Å²) in [6.45, 7) is 2.10. The Morgan fingerprint density at radius 1 is 1.11 bits per heavy atom. The first-order valence-corrected chi connectivity index (χ1v) is 11.0. The van der Waals surface area contributed by atoms with Crippen molar-refractivity contribution in [1.82, 2.24) is 4.31 Å². The largest absolute Gasteiger partial charge is 0.243 e. The van der Waals surface area contributed by atoms with E-state index in [-0.39, 0.29) is 18.0 Å². The van der Waals surface area contributed by atoms with Crippen molar-refractivity contribution in [1.29, 1.82) is 5.26 Å².